The molecule has 4 heteroatoms. The summed E-state index contributed by atoms with van der Waals surface area (Å²) in [6, 6.07) is 0.500. The highest BCUT2D eigenvalue weighted by Crippen LogP contribution is 2.19. The molecule has 1 aliphatic rings. The van der Waals surface area contributed by atoms with Gasteiger partial charge in [-0.3, -0.25) is 4.90 Å². The minimum Gasteiger partial charge on any atom is -0.383 e. The topological polar surface area (TPSA) is 27.7 Å². The standard InChI is InChI=1S/C16H35N3O/c1-16(2,3)17-11-15(13-20-6)19-9-7-14(8-10-19)12-18(4)5/h14-15,17H,7-13H2,1-6H3. The Morgan fingerprint density at radius 1 is 1.25 bits per heavy atom. The van der Waals surface area contributed by atoms with Gasteiger partial charge in [0.15, 0.2) is 0 Å². The molecule has 0 saturated carbocycles. The van der Waals surface area contributed by atoms with Crippen molar-refractivity contribution >= 4 is 0 Å². The molecule has 0 radical (unpaired) electrons. The average Bonchev–Trinajstić information content (AvgIpc) is 2.34. The summed E-state index contributed by atoms with van der Waals surface area (Å²) in [6.07, 6.45) is 2.63. The van der Waals surface area contributed by atoms with E-state index in [0.717, 1.165) is 19.1 Å². The van der Waals surface area contributed by atoms with E-state index in [2.05, 4.69) is 50.0 Å². The van der Waals surface area contributed by atoms with Crippen LogP contribution in [0.1, 0.15) is 33.6 Å². The van der Waals surface area contributed by atoms with Crippen molar-refractivity contribution in [1.82, 2.24) is 15.1 Å². The summed E-state index contributed by atoms with van der Waals surface area (Å²) in [5, 5.41) is 3.62. The maximum atomic E-state index is 5.42. The lowest BCUT2D eigenvalue weighted by atomic mass is 9.95. The summed E-state index contributed by atoms with van der Waals surface area (Å²) in [7, 11) is 6.16. The average molecular weight is 285 g/mol. The second-order valence-electron chi connectivity index (χ2n) is 7.48. The monoisotopic (exact) mass is 285 g/mol. The van der Waals surface area contributed by atoms with E-state index in [1.807, 2.05) is 7.11 Å². The van der Waals surface area contributed by atoms with Crippen LogP contribution in [0.25, 0.3) is 0 Å². The minimum atomic E-state index is 0.176. The van der Waals surface area contributed by atoms with E-state index in [4.69, 9.17) is 4.74 Å². The molecule has 1 N–H and O–H groups in total. The third kappa shape index (κ3) is 7.02. The summed E-state index contributed by atoms with van der Waals surface area (Å²) >= 11 is 0. The lowest BCUT2D eigenvalue weighted by molar-refractivity contribution is 0.0575. The third-order valence-electron chi connectivity index (χ3n) is 4.02. The Labute approximate surface area is 125 Å². The van der Waals surface area contributed by atoms with Crippen molar-refractivity contribution in [3.63, 3.8) is 0 Å². The molecule has 0 bridgehead atoms. The van der Waals surface area contributed by atoms with E-state index in [1.54, 1.807) is 0 Å². The first-order valence-electron chi connectivity index (χ1n) is 7.94. The quantitative estimate of drug-likeness (QED) is 0.770. The van der Waals surface area contributed by atoms with Gasteiger partial charge in [0, 0.05) is 31.8 Å². The normalized spacial score (nSPS) is 20.6. The number of piperidine rings is 1. The molecule has 1 heterocycles. The first-order valence-corrected chi connectivity index (χ1v) is 7.94. The molecular formula is C16H35N3O. The smallest absolute Gasteiger partial charge is 0.0630 e. The largest absolute Gasteiger partial charge is 0.383 e. The van der Waals surface area contributed by atoms with Gasteiger partial charge in [0.25, 0.3) is 0 Å². The van der Waals surface area contributed by atoms with Crippen molar-refractivity contribution < 1.29 is 4.74 Å². The van der Waals surface area contributed by atoms with E-state index in [0.29, 0.717) is 6.04 Å². The Bertz CT molecular complexity index is 255. The number of ether oxygens (including phenoxy) is 1. The molecule has 0 aromatic rings. The summed E-state index contributed by atoms with van der Waals surface area (Å²) in [4.78, 5) is 4.92. The summed E-state index contributed by atoms with van der Waals surface area (Å²) in [6.45, 7) is 12.1. The predicted molar refractivity (Wildman–Crippen MR) is 86.3 cm³/mol. The fraction of sp³-hybridized carbons (Fsp3) is 1.00. The van der Waals surface area contributed by atoms with E-state index < -0.39 is 0 Å². The van der Waals surface area contributed by atoms with Crippen LogP contribution >= 0.6 is 0 Å². The van der Waals surface area contributed by atoms with Crippen molar-refractivity contribution in [1.29, 1.82) is 0 Å². The van der Waals surface area contributed by atoms with Crippen LogP contribution in [0.5, 0.6) is 0 Å². The summed E-state index contributed by atoms with van der Waals surface area (Å²) < 4.78 is 5.42. The maximum Gasteiger partial charge on any atom is 0.0630 e. The molecule has 0 spiro atoms. The molecule has 1 saturated heterocycles. The first kappa shape index (κ1) is 17.9. The van der Waals surface area contributed by atoms with Gasteiger partial charge in [-0.2, -0.15) is 0 Å². The second-order valence-corrected chi connectivity index (χ2v) is 7.48. The van der Waals surface area contributed by atoms with Crippen molar-refractivity contribution in [2.24, 2.45) is 5.92 Å². The maximum absolute atomic E-state index is 5.42. The highest BCUT2D eigenvalue weighted by Gasteiger charge is 2.26. The van der Waals surface area contributed by atoms with Gasteiger partial charge in [0.2, 0.25) is 0 Å². The molecule has 120 valence electrons. The van der Waals surface area contributed by atoms with Crippen molar-refractivity contribution in [3.8, 4) is 0 Å². The predicted octanol–water partition coefficient (Wildman–Crippen LogP) is 1.66. The molecule has 4 nitrogen and oxygen atoms in total. The number of methoxy groups -OCH3 is 1. The zero-order chi connectivity index (χ0) is 15.2. The van der Waals surface area contributed by atoms with Gasteiger partial charge in [0.05, 0.1) is 6.61 Å². The van der Waals surface area contributed by atoms with E-state index in [9.17, 15) is 0 Å². The second kappa shape index (κ2) is 8.32. The number of hydrogen-bond donors (Lipinski definition) is 1. The fourth-order valence-corrected chi connectivity index (χ4v) is 2.93. The highest BCUT2D eigenvalue weighted by atomic mass is 16.5. The van der Waals surface area contributed by atoms with Crippen molar-refractivity contribution in [2.45, 2.75) is 45.2 Å². The molecule has 20 heavy (non-hydrogen) atoms. The number of hydrogen-bond acceptors (Lipinski definition) is 4. The summed E-state index contributed by atoms with van der Waals surface area (Å²) in [5.74, 6) is 0.861. The molecule has 1 fully saturated rings. The minimum absolute atomic E-state index is 0.176. The van der Waals surface area contributed by atoms with E-state index in [1.165, 1.54) is 32.5 Å². The van der Waals surface area contributed by atoms with Gasteiger partial charge in [0.1, 0.15) is 0 Å². The Morgan fingerprint density at radius 2 is 1.85 bits per heavy atom. The van der Waals surface area contributed by atoms with Crippen LogP contribution in [-0.4, -0.2) is 75.4 Å². The first-order chi connectivity index (χ1) is 9.31. The number of likely N-dealkylation sites (tertiary alicyclic amines) is 1. The molecule has 1 rings (SSSR count). The molecule has 1 atom stereocenters. The number of rotatable bonds is 7. The van der Waals surface area contributed by atoms with E-state index >= 15 is 0 Å². The Morgan fingerprint density at radius 3 is 2.30 bits per heavy atom. The van der Waals surface area contributed by atoms with Gasteiger partial charge in [-0.1, -0.05) is 0 Å². The number of nitrogens with zero attached hydrogens (tertiary/aromatic N) is 2. The van der Waals surface area contributed by atoms with Gasteiger partial charge >= 0.3 is 0 Å². The molecule has 0 aromatic heterocycles. The van der Waals surface area contributed by atoms with Crippen molar-refractivity contribution in [2.75, 3.05) is 54.0 Å². The van der Waals surface area contributed by atoms with Crippen LogP contribution in [0.3, 0.4) is 0 Å². The van der Waals surface area contributed by atoms with Crippen LogP contribution in [-0.2, 0) is 4.74 Å². The fourth-order valence-electron chi connectivity index (χ4n) is 2.93. The van der Waals surface area contributed by atoms with Crippen molar-refractivity contribution in [3.05, 3.63) is 0 Å². The zero-order valence-corrected chi connectivity index (χ0v) is 14.4. The Kier molecular flexibility index (Phi) is 7.45. The van der Waals surface area contributed by atoms with Crippen LogP contribution < -0.4 is 5.32 Å². The van der Waals surface area contributed by atoms with Gasteiger partial charge in [-0.15, -0.1) is 0 Å². The molecule has 0 aliphatic carbocycles. The van der Waals surface area contributed by atoms with Gasteiger partial charge < -0.3 is 15.0 Å². The van der Waals surface area contributed by atoms with E-state index in [-0.39, 0.29) is 5.54 Å². The lowest BCUT2D eigenvalue weighted by Crippen LogP contribution is -2.52. The van der Waals surface area contributed by atoms with Crippen LogP contribution in [0.4, 0.5) is 0 Å². The highest BCUT2D eigenvalue weighted by molar-refractivity contribution is 4.83. The SMILES string of the molecule is COCC(CNC(C)(C)C)N1CCC(CN(C)C)CC1. The van der Waals surface area contributed by atoms with Gasteiger partial charge in [-0.05, 0) is 66.7 Å². The molecule has 0 amide bonds. The molecule has 1 unspecified atom stereocenters. The van der Waals surface area contributed by atoms with Crippen LogP contribution in [0.15, 0.2) is 0 Å². The van der Waals surface area contributed by atoms with Gasteiger partial charge in [-0.25, -0.2) is 0 Å². The molecule has 0 aromatic carbocycles. The lowest BCUT2D eigenvalue weighted by Gasteiger charge is -2.39. The molecule has 1 aliphatic heterocycles. The number of nitrogens with one attached hydrogen (secondary N) is 1. The zero-order valence-electron chi connectivity index (χ0n) is 14.4. The molecular weight excluding hydrogens is 250 g/mol. The van der Waals surface area contributed by atoms with Crippen LogP contribution in [0, 0.1) is 5.92 Å². The Balaban J connectivity index is 2.41. The third-order valence-corrected chi connectivity index (χ3v) is 4.02. The van der Waals surface area contributed by atoms with Crippen LogP contribution in [0.2, 0.25) is 0 Å². The summed E-state index contributed by atoms with van der Waals surface area (Å²) in [5.41, 5.74) is 0.176. The Hall–Kier alpha value is -0.160.